The van der Waals surface area contributed by atoms with Gasteiger partial charge in [-0.15, -0.1) is 0 Å². The lowest BCUT2D eigenvalue weighted by atomic mass is 10.1. The van der Waals surface area contributed by atoms with Crippen LogP contribution in [0.15, 0.2) is 24.3 Å². The average Bonchev–Trinajstić information content (AvgIpc) is 2.79. The number of aliphatic hydroxyl groups excluding tert-OH is 1. The topological polar surface area (TPSA) is 63.5 Å². The number of aliphatic hydroxyl groups is 1. The molecule has 1 aromatic carbocycles. The second-order valence-electron chi connectivity index (χ2n) is 6.29. The second kappa shape index (κ2) is 7.64. The Hall–Kier alpha value is -2.11. The Kier molecular flexibility index (Phi) is 5.80. The molecule has 0 saturated heterocycles. The molecule has 1 aromatic heterocycles. The molecule has 1 atom stereocenters. The lowest BCUT2D eigenvalue weighted by Gasteiger charge is -2.13. The van der Waals surface area contributed by atoms with E-state index >= 15 is 0 Å². The van der Waals surface area contributed by atoms with Crippen molar-refractivity contribution in [3.8, 4) is 5.69 Å². The van der Waals surface area contributed by atoms with E-state index in [1.54, 1.807) is 0 Å². The van der Waals surface area contributed by atoms with Crippen LogP contribution in [0.1, 0.15) is 32.9 Å². The van der Waals surface area contributed by atoms with E-state index in [2.05, 4.69) is 41.9 Å². The van der Waals surface area contributed by atoms with Gasteiger partial charge in [0.05, 0.1) is 18.3 Å². The molecular formula is C19H26N2O3. The molecular weight excluding hydrogens is 304 g/mol. The number of nitrogens with one attached hydrogen (secondary N) is 1. The van der Waals surface area contributed by atoms with E-state index in [9.17, 15) is 9.90 Å². The van der Waals surface area contributed by atoms with Gasteiger partial charge in [-0.05, 0) is 57.0 Å². The Morgan fingerprint density at radius 2 is 1.79 bits per heavy atom. The molecule has 1 amide bonds. The normalized spacial score (nSPS) is 12.2. The summed E-state index contributed by atoms with van der Waals surface area (Å²) in [5.41, 5.74) is 5.94. The largest absolute Gasteiger partial charge is 0.389 e. The molecule has 1 heterocycles. The Bertz CT molecular complexity index is 714. The Balaban J connectivity index is 2.27. The van der Waals surface area contributed by atoms with Gasteiger partial charge in [-0.3, -0.25) is 4.79 Å². The maximum absolute atomic E-state index is 12.4. The molecule has 0 aliphatic heterocycles. The van der Waals surface area contributed by atoms with Crippen LogP contribution in [0.4, 0.5) is 0 Å². The predicted octanol–water partition coefficient (Wildman–Crippen LogP) is 2.45. The highest BCUT2D eigenvalue weighted by molar-refractivity contribution is 5.95. The SMILES string of the molecule is COCC(O)CNC(=O)c1cc(C)n(-c2cc(C)cc(C)c2)c1C. The van der Waals surface area contributed by atoms with Crippen LogP contribution in [0.2, 0.25) is 0 Å². The summed E-state index contributed by atoms with van der Waals surface area (Å²) in [7, 11) is 1.52. The van der Waals surface area contributed by atoms with Crippen molar-refractivity contribution in [1.82, 2.24) is 9.88 Å². The zero-order valence-corrected chi connectivity index (χ0v) is 15.0. The number of methoxy groups -OCH3 is 1. The van der Waals surface area contributed by atoms with Gasteiger partial charge in [0.15, 0.2) is 0 Å². The summed E-state index contributed by atoms with van der Waals surface area (Å²) in [5, 5.41) is 12.4. The highest BCUT2D eigenvalue weighted by atomic mass is 16.5. The summed E-state index contributed by atoms with van der Waals surface area (Å²) in [5.74, 6) is -0.186. The van der Waals surface area contributed by atoms with Crippen LogP contribution < -0.4 is 5.32 Å². The standard InChI is InChI=1S/C19H26N2O3/c1-12-6-13(2)8-16(7-12)21-14(3)9-18(15(21)4)19(23)20-10-17(22)11-24-5/h6-9,17,22H,10-11H2,1-5H3,(H,20,23). The number of benzene rings is 1. The molecule has 0 aliphatic carbocycles. The van der Waals surface area contributed by atoms with E-state index in [0.29, 0.717) is 5.56 Å². The van der Waals surface area contributed by atoms with Gasteiger partial charge in [0.25, 0.3) is 5.91 Å². The molecule has 130 valence electrons. The highest BCUT2D eigenvalue weighted by Gasteiger charge is 2.17. The summed E-state index contributed by atoms with van der Waals surface area (Å²) in [6.45, 7) is 8.42. The smallest absolute Gasteiger partial charge is 0.253 e. The van der Waals surface area contributed by atoms with Gasteiger partial charge >= 0.3 is 0 Å². The van der Waals surface area contributed by atoms with Gasteiger partial charge < -0.3 is 19.7 Å². The number of amides is 1. The van der Waals surface area contributed by atoms with Crippen LogP contribution >= 0.6 is 0 Å². The number of nitrogens with zero attached hydrogens (tertiary/aromatic N) is 1. The lowest BCUT2D eigenvalue weighted by molar-refractivity contribution is 0.0609. The van der Waals surface area contributed by atoms with Crippen LogP contribution in [-0.2, 0) is 4.74 Å². The number of hydrogen-bond acceptors (Lipinski definition) is 3. The number of aromatic nitrogens is 1. The fraction of sp³-hybridized carbons (Fsp3) is 0.421. The number of hydrogen-bond donors (Lipinski definition) is 2. The number of aryl methyl sites for hydroxylation is 3. The maximum Gasteiger partial charge on any atom is 0.253 e. The Labute approximate surface area is 143 Å². The van der Waals surface area contributed by atoms with Crippen molar-refractivity contribution in [2.75, 3.05) is 20.3 Å². The first kappa shape index (κ1) is 18.2. The summed E-state index contributed by atoms with van der Waals surface area (Å²) < 4.78 is 6.95. The minimum atomic E-state index is -0.707. The van der Waals surface area contributed by atoms with E-state index in [1.807, 2.05) is 19.9 Å². The third-order valence-electron chi connectivity index (χ3n) is 4.00. The van der Waals surface area contributed by atoms with E-state index in [0.717, 1.165) is 17.1 Å². The molecule has 0 spiro atoms. The summed E-state index contributed by atoms with van der Waals surface area (Å²) >= 11 is 0. The first-order valence-electron chi connectivity index (χ1n) is 8.06. The molecule has 0 radical (unpaired) electrons. The second-order valence-corrected chi connectivity index (χ2v) is 6.29. The van der Waals surface area contributed by atoms with Gasteiger partial charge in [0.1, 0.15) is 0 Å². The third kappa shape index (κ3) is 4.04. The quantitative estimate of drug-likeness (QED) is 0.855. The zero-order chi connectivity index (χ0) is 17.9. The molecule has 2 aromatic rings. The molecule has 0 aliphatic rings. The van der Waals surface area contributed by atoms with Crippen LogP contribution in [0.3, 0.4) is 0 Å². The molecule has 0 bridgehead atoms. The summed E-state index contributed by atoms with van der Waals surface area (Å²) in [4.78, 5) is 12.4. The van der Waals surface area contributed by atoms with Crippen LogP contribution in [0.25, 0.3) is 5.69 Å². The van der Waals surface area contributed by atoms with Gasteiger partial charge in [-0.1, -0.05) is 6.07 Å². The van der Waals surface area contributed by atoms with Crippen molar-refractivity contribution in [2.45, 2.75) is 33.8 Å². The van der Waals surface area contributed by atoms with E-state index < -0.39 is 6.10 Å². The number of rotatable bonds is 6. The van der Waals surface area contributed by atoms with Crippen molar-refractivity contribution in [1.29, 1.82) is 0 Å². The van der Waals surface area contributed by atoms with E-state index in [-0.39, 0.29) is 19.1 Å². The Morgan fingerprint density at radius 1 is 1.17 bits per heavy atom. The van der Waals surface area contributed by atoms with Crippen molar-refractivity contribution in [3.05, 3.63) is 52.3 Å². The van der Waals surface area contributed by atoms with Crippen molar-refractivity contribution in [3.63, 3.8) is 0 Å². The maximum atomic E-state index is 12.4. The molecule has 5 heteroatoms. The zero-order valence-electron chi connectivity index (χ0n) is 15.0. The predicted molar refractivity (Wildman–Crippen MR) is 94.9 cm³/mol. The van der Waals surface area contributed by atoms with Gasteiger partial charge in [0.2, 0.25) is 0 Å². The van der Waals surface area contributed by atoms with E-state index in [1.165, 1.54) is 18.2 Å². The average molecular weight is 330 g/mol. The minimum Gasteiger partial charge on any atom is -0.389 e. The monoisotopic (exact) mass is 330 g/mol. The van der Waals surface area contributed by atoms with Crippen LogP contribution in [0.5, 0.6) is 0 Å². The van der Waals surface area contributed by atoms with E-state index in [4.69, 9.17) is 4.74 Å². The number of carbonyl (C=O) groups excluding carboxylic acids is 1. The Morgan fingerprint density at radius 3 is 2.38 bits per heavy atom. The fourth-order valence-corrected chi connectivity index (χ4v) is 3.03. The van der Waals surface area contributed by atoms with Gasteiger partial charge in [0, 0.05) is 30.7 Å². The molecule has 0 saturated carbocycles. The summed E-state index contributed by atoms with van der Waals surface area (Å²) in [6, 6.07) is 8.22. The molecule has 2 rings (SSSR count). The van der Waals surface area contributed by atoms with Crippen molar-refractivity contribution < 1.29 is 14.6 Å². The van der Waals surface area contributed by atoms with Crippen molar-refractivity contribution in [2.24, 2.45) is 0 Å². The molecule has 0 fully saturated rings. The molecule has 2 N–H and O–H groups in total. The fourth-order valence-electron chi connectivity index (χ4n) is 3.03. The van der Waals surface area contributed by atoms with Crippen LogP contribution in [0, 0.1) is 27.7 Å². The first-order chi connectivity index (χ1) is 11.3. The van der Waals surface area contributed by atoms with Crippen LogP contribution in [-0.4, -0.2) is 41.9 Å². The number of carbonyl (C=O) groups is 1. The summed E-state index contributed by atoms with van der Waals surface area (Å²) in [6.07, 6.45) is -0.707. The molecule has 1 unspecified atom stereocenters. The van der Waals surface area contributed by atoms with Gasteiger partial charge in [-0.25, -0.2) is 0 Å². The number of ether oxygens (including phenoxy) is 1. The highest BCUT2D eigenvalue weighted by Crippen LogP contribution is 2.22. The minimum absolute atomic E-state index is 0.167. The lowest BCUT2D eigenvalue weighted by Crippen LogP contribution is -2.34. The third-order valence-corrected chi connectivity index (χ3v) is 4.00. The first-order valence-corrected chi connectivity index (χ1v) is 8.06. The molecule has 5 nitrogen and oxygen atoms in total. The van der Waals surface area contributed by atoms with Crippen molar-refractivity contribution >= 4 is 5.91 Å². The van der Waals surface area contributed by atoms with Gasteiger partial charge in [-0.2, -0.15) is 0 Å². The molecule has 24 heavy (non-hydrogen) atoms.